The Morgan fingerprint density at radius 2 is 1.86 bits per heavy atom. The van der Waals surface area contributed by atoms with Crippen molar-refractivity contribution in [3.05, 3.63) is 34.0 Å². The number of hydrogen-bond acceptors (Lipinski definition) is 5. The molecule has 1 spiro atoms. The lowest BCUT2D eigenvalue weighted by Crippen LogP contribution is -2.44. The predicted molar refractivity (Wildman–Crippen MR) is 149 cm³/mol. The molecule has 0 unspecified atom stereocenters. The molecule has 2 aromatic rings. The first-order valence-electron chi connectivity index (χ1n) is 12.8. The van der Waals surface area contributed by atoms with Crippen LogP contribution in [0.2, 0.25) is 0 Å². The fourth-order valence-electron chi connectivity index (χ4n) is 6.17. The van der Waals surface area contributed by atoms with E-state index < -0.39 is 0 Å². The van der Waals surface area contributed by atoms with Crippen LogP contribution in [0.15, 0.2) is 29.3 Å². The Morgan fingerprint density at radius 1 is 1.11 bits per heavy atom. The number of nitrogens with zero attached hydrogens (tertiary/aromatic N) is 1. The molecular weight excluding hydrogens is 472 g/mol. The van der Waals surface area contributed by atoms with Crippen molar-refractivity contribution in [1.82, 2.24) is 10.6 Å². The van der Waals surface area contributed by atoms with Crippen LogP contribution in [0.25, 0.3) is 9.75 Å². The Bertz CT molecular complexity index is 1110. The highest BCUT2D eigenvalue weighted by Crippen LogP contribution is 2.56. The van der Waals surface area contributed by atoms with Crippen LogP contribution in [-0.4, -0.2) is 38.4 Å². The van der Waals surface area contributed by atoms with Gasteiger partial charge >= 0.3 is 0 Å². The molecule has 35 heavy (non-hydrogen) atoms. The Hall–Kier alpha value is -2.14. The van der Waals surface area contributed by atoms with Gasteiger partial charge in [0.15, 0.2) is 11.7 Å². The zero-order chi connectivity index (χ0) is 24.8. The number of carbonyl (C=O) groups excluding carboxylic acids is 1. The van der Waals surface area contributed by atoms with Gasteiger partial charge < -0.3 is 16.4 Å². The minimum Gasteiger partial charge on any atom is -0.370 e. The molecule has 0 aliphatic heterocycles. The number of hydrogen-bond donors (Lipinski definition) is 3. The molecule has 7 heteroatoms. The van der Waals surface area contributed by atoms with Gasteiger partial charge in [0.25, 0.3) is 0 Å². The number of nitrogens with one attached hydrogen (secondary N) is 2. The molecule has 4 atom stereocenters. The molecule has 5 nitrogen and oxygen atoms in total. The van der Waals surface area contributed by atoms with Gasteiger partial charge in [-0.05, 0) is 100 Å². The standard InChI is InChI=1S/C28H38N4OS2/c1-4-6-21-8-10-23(34-21)24-11-12-25(35-24)26(33)22-9-7-19(18-32-27(29)30-3)15-28(22)14-13-20(16-28)17-31-5-2/h8,10-12,19-20,22,31H,5,7,9,13-18H2,1-3H3,(H3,29,30,32)/t19-,20-,22+,28+/m0/s1. The van der Waals surface area contributed by atoms with Crippen LogP contribution >= 0.6 is 22.7 Å². The molecule has 0 amide bonds. The van der Waals surface area contributed by atoms with E-state index in [1.807, 2.05) is 6.92 Å². The molecule has 4 rings (SSSR count). The highest BCUT2D eigenvalue weighted by Gasteiger charge is 2.51. The molecule has 2 aliphatic carbocycles. The third kappa shape index (κ3) is 5.99. The smallest absolute Gasteiger partial charge is 0.188 e. The van der Waals surface area contributed by atoms with Gasteiger partial charge in [-0.2, -0.15) is 0 Å². The van der Waals surface area contributed by atoms with Crippen LogP contribution in [0.4, 0.5) is 0 Å². The van der Waals surface area contributed by atoms with Crippen molar-refractivity contribution < 1.29 is 4.79 Å². The summed E-state index contributed by atoms with van der Waals surface area (Å²) in [5.74, 6) is 8.26. The van der Waals surface area contributed by atoms with Gasteiger partial charge in [0.2, 0.25) is 0 Å². The largest absolute Gasteiger partial charge is 0.370 e. The molecule has 0 saturated heterocycles. The number of nitrogens with two attached hydrogens (primary N) is 1. The molecule has 2 heterocycles. The molecule has 0 aromatic carbocycles. The average Bonchev–Trinajstić information content (AvgIpc) is 3.61. The van der Waals surface area contributed by atoms with E-state index >= 15 is 0 Å². The maximum absolute atomic E-state index is 14.0. The van der Waals surface area contributed by atoms with Crippen molar-refractivity contribution in [2.24, 2.45) is 33.9 Å². The van der Waals surface area contributed by atoms with Crippen molar-refractivity contribution in [3.8, 4) is 21.6 Å². The number of guanidine groups is 1. The van der Waals surface area contributed by atoms with Gasteiger partial charge in [-0.1, -0.05) is 12.8 Å². The molecule has 188 valence electrons. The lowest BCUT2D eigenvalue weighted by molar-refractivity contribution is 0.0458. The van der Waals surface area contributed by atoms with Gasteiger partial charge in [-0.25, -0.2) is 0 Å². The second-order valence-corrected chi connectivity index (χ2v) is 12.2. The second kappa shape index (κ2) is 11.7. The summed E-state index contributed by atoms with van der Waals surface area (Å²) in [5, 5.41) is 6.83. The zero-order valence-electron chi connectivity index (χ0n) is 21.2. The molecule has 2 aromatic heterocycles. The fraction of sp³-hybridized carbons (Fsp3) is 0.571. The van der Waals surface area contributed by atoms with Gasteiger partial charge in [0.1, 0.15) is 0 Å². The Kier molecular flexibility index (Phi) is 8.69. The summed E-state index contributed by atoms with van der Waals surface area (Å²) in [6, 6.07) is 8.36. The van der Waals surface area contributed by atoms with Crippen LogP contribution in [0, 0.1) is 35.0 Å². The van der Waals surface area contributed by atoms with Gasteiger partial charge in [0, 0.05) is 29.3 Å². The van der Waals surface area contributed by atoms with E-state index in [9.17, 15) is 4.79 Å². The van der Waals surface area contributed by atoms with Gasteiger partial charge in [0.05, 0.1) is 9.75 Å². The van der Waals surface area contributed by atoms with Crippen LogP contribution < -0.4 is 16.4 Å². The summed E-state index contributed by atoms with van der Waals surface area (Å²) in [5.41, 5.74) is 6.00. The molecule has 2 fully saturated rings. The number of aliphatic imine (C=N–C) groups is 1. The van der Waals surface area contributed by atoms with Crippen LogP contribution in [-0.2, 0) is 0 Å². The first kappa shape index (κ1) is 25.9. The molecule has 0 radical (unpaired) electrons. The third-order valence-electron chi connectivity index (χ3n) is 7.80. The van der Waals surface area contributed by atoms with E-state index in [1.165, 1.54) is 16.2 Å². The molecular formula is C28H38N4OS2. The number of rotatable bonds is 8. The van der Waals surface area contributed by atoms with E-state index in [0.29, 0.717) is 23.6 Å². The van der Waals surface area contributed by atoms with E-state index in [1.54, 1.807) is 29.7 Å². The monoisotopic (exact) mass is 510 g/mol. The maximum Gasteiger partial charge on any atom is 0.188 e. The highest BCUT2D eigenvalue weighted by molar-refractivity contribution is 7.23. The summed E-state index contributed by atoms with van der Waals surface area (Å²) in [6.07, 6.45) is 6.62. The summed E-state index contributed by atoms with van der Waals surface area (Å²) >= 11 is 3.35. The van der Waals surface area contributed by atoms with E-state index in [4.69, 9.17) is 5.73 Å². The summed E-state index contributed by atoms with van der Waals surface area (Å²) in [4.78, 5) is 22.4. The first-order chi connectivity index (χ1) is 17.0. The number of Topliss-reactive ketones (excluding diaryl/α,β-unsaturated/α-hetero) is 1. The van der Waals surface area contributed by atoms with E-state index in [2.05, 4.69) is 58.7 Å². The SMILES string of the molecule is CC#Cc1ccc(-c2ccc(C(=O)[C@H]3CC[C@H](CNC(N)=NC)C[C@@]34CC[C@H](CNCC)C4)s2)s1. The predicted octanol–water partition coefficient (Wildman–Crippen LogP) is 5.38. The quantitative estimate of drug-likeness (QED) is 0.193. The fourth-order valence-corrected chi connectivity index (χ4v) is 8.17. The van der Waals surface area contributed by atoms with Crippen molar-refractivity contribution in [1.29, 1.82) is 0 Å². The summed E-state index contributed by atoms with van der Waals surface area (Å²) in [7, 11) is 1.71. The Balaban J connectivity index is 1.53. The third-order valence-corrected chi connectivity index (χ3v) is 10.1. The topological polar surface area (TPSA) is 79.5 Å². The summed E-state index contributed by atoms with van der Waals surface area (Å²) < 4.78 is 0. The van der Waals surface area contributed by atoms with Crippen molar-refractivity contribution >= 4 is 34.4 Å². The minimum absolute atomic E-state index is 0.0941. The van der Waals surface area contributed by atoms with Crippen LogP contribution in [0.1, 0.15) is 66.9 Å². The second-order valence-electron chi connectivity index (χ2n) is 10.0. The molecule has 2 saturated carbocycles. The van der Waals surface area contributed by atoms with Gasteiger partial charge in [-0.3, -0.25) is 9.79 Å². The zero-order valence-corrected chi connectivity index (χ0v) is 22.8. The summed E-state index contributed by atoms with van der Waals surface area (Å²) in [6.45, 7) is 6.93. The lowest BCUT2D eigenvalue weighted by atomic mass is 9.60. The normalized spacial score (nSPS) is 26.5. The molecule has 0 bridgehead atoms. The van der Waals surface area contributed by atoms with Crippen LogP contribution in [0.3, 0.4) is 0 Å². The van der Waals surface area contributed by atoms with Crippen molar-refractivity contribution in [2.45, 2.75) is 52.4 Å². The van der Waals surface area contributed by atoms with Crippen molar-refractivity contribution in [3.63, 3.8) is 0 Å². The van der Waals surface area contributed by atoms with E-state index in [-0.39, 0.29) is 11.3 Å². The van der Waals surface area contributed by atoms with Crippen molar-refractivity contribution in [2.75, 3.05) is 26.7 Å². The van der Waals surface area contributed by atoms with Gasteiger partial charge in [-0.15, -0.1) is 28.6 Å². The number of ketones is 1. The molecule has 2 aliphatic rings. The lowest BCUT2D eigenvalue weighted by Gasteiger charge is -2.44. The number of carbonyl (C=O) groups is 1. The van der Waals surface area contributed by atoms with E-state index in [0.717, 1.165) is 61.5 Å². The number of thiophene rings is 2. The molecule has 4 N–H and O–H groups in total. The maximum atomic E-state index is 14.0. The highest BCUT2D eigenvalue weighted by atomic mass is 32.1. The first-order valence-corrected chi connectivity index (χ1v) is 14.4. The minimum atomic E-state index is 0.0941. The Labute approximate surface area is 218 Å². The van der Waals surface area contributed by atoms with Crippen LogP contribution in [0.5, 0.6) is 0 Å². The average molecular weight is 511 g/mol. The Morgan fingerprint density at radius 3 is 2.60 bits per heavy atom.